The lowest BCUT2D eigenvalue weighted by atomic mass is 10.1. The Morgan fingerprint density at radius 1 is 1.31 bits per heavy atom. The van der Waals surface area contributed by atoms with E-state index in [1.54, 1.807) is 24.3 Å². The molecular weight excluding hydrogens is 210 g/mol. The summed E-state index contributed by atoms with van der Waals surface area (Å²) in [4.78, 5) is 11.6. The monoisotopic (exact) mass is 223 g/mol. The lowest BCUT2D eigenvalue weighted by Gasteiger charge is -2.13. The Morgan fingerprint density at radius 2 is 2.00 bits per heavy atom. The zero-order valence-electron chi connectivity index (χ0n) is 8.54. The predicted octanol–water partition coefficient (Wildman–Crippen LogP) is -0.509. The summed E-state index contributed by atoms with van der Waals surface area (Å²) in [6.45, 7) is 0.216. The fourth-order valence-corrected chi connectivity index (χ4v) is 1.61. The van der Waals surface area contributed by atoms with Crippen LogP contribution < -0.4 is 10.1 Å². The number of carbonyl (C=O) groups is 1. The summed E-state index contributed by atoms with van der Waals surface area (Å²) in [6, 6.07) is 8.63. The average Bonchev–Trinajstić information content (AvgIpc) is 2.61. The van der Waals surface area contributed by atoms with Crippen LogP contribution in [0.2, 0.25) is 0 Å². The molecule has 0 amide bonds. The summed E-state index contributed by atoms with van der Waals surface area (Å²) >= 11 is 0. The number of benzene rings is 1. The Labute approximate surface area is 92.7 Å². The topological polar surface area (TPSA) is 78.8 Å². The van der Waals surface area contributed by atoms with Gasteiger partial charge in [0.05, 0.1) is 5.92 Å². The summed E-state index contributed by atoms with van der Waals surface area (Å²) < 4.78 is 5.07. The van der Waals surface area contributed by atoms with Gasteiger partial charge in [-0.1, -0.05) is 18.2 Å². The number of esters is 1. The Bertz CT molecular complexity index is 368. The van der Waals surface area contributed by atoms with E-state index in [4.69, 9.17) is 4.74 Å². The number of para-hydroxylation sites is 1. The number of carbonyl (C=O) groups excluding carboxylic acids is 1. The van der Waals surface area contributed by atoms with Crippen molar-refractivity contribution in [2.75, 3.05) is 6.54 Å². The number of aliphatic hydroxyl groups excluding tert-OH is 2. The zero-order chi connectivity index (χ0) is 11.5. The van der Waals surface area contributed by atoms with Crippen LogP contribution in [0, 0.1) is 5.92 Å². The number of rotatable bonds is 2. The Morgan fingerprint density at radius 3 is 2.56 bits per heavy atom. The van der Waals surface area contributed by atoms with Gasteiger partial charge in [-0.2, -0.15) is 0 Å². The van der Waals surface area contributed by atoms with E-state index in [0.717, 1.165) is 0 Å². The van der Waals surface area contributed by atoms with Gasteiger partial charge in [-0.15, -0.1) is 0 Å². The summed E-state index contributed by atoms with van der Waals surface area (Å²) in [6.07, 6.45) is -2.18. The average molecular weight is 223 g/mol. The third-order valence-corrected chi connectivity index (χ3v) is 2.55. The van der Waals surface area contributed by atoms with Crippen molar-refractivity contribution < 1.29 is 19.7 Å². The van der Waals surface area contributed by atoms with Crippen LogP contribution in [0.1, 0.15) is 0 Å². The maximum Gasteiger partial charge on any atom is 0.318 e. The standard InChI is InChI=1S/C11H13NO4/c13-9-8(6-12-10(9)14)11(15)16-7-4-2-1-3-5-7/h1-5,8-10,12-14H,6H2. The molecule has 16 heavy (non-hydrogen) atoms. The van der Waals surface area contributed by atoms with Crippen LogP contribution in [0.15, 0.2) is 30.3 Å². The van der Waals surface area contributed by atoms with Crippen molar-refractivity contribution in [1.82, 2.24) is 5.32 Å². The minimum atomic E-state index is -1.11. The first-order valence-corrected chi connectivity index (χ1v) is 5.05. The molecule has 1 fully saturated rings. The molecule has 0 saturated carbocycles. The fraction of sp³-hybridized carbons (Fsp3) is 0.364. The van der Waals surface area contributed by atoms with Crippen molar-refractivity contribution in [3.05, 3.63) is 30.3 Å². The van der Waals surface area contributed by atoms with Crippen LogP contribution in [0.25, 0.3) is 0 Å². The normalized spacial score (nSPS) is 29.0. The molecule has 5 heteroatoms. The molecule has 1 aromatic carbocycles. The third kappa shape index (κ3) is 2.21. The Kier molecular flexibility index (Phi) is 3.19. The number of nitrogens with one attached hydrogen (secondary N) is 1. The summed E-state index contributed by atoms with van der Waals surface area (Å²) in [5, 5.41) is 21.3. The molecular formula is C11H13NO4. The number of hydrogen-bond donors (Lipinski definition) is 3. The second-order valence-electron chi connectivity index (χ2n) is 3.68. The van der Waals surface area contributed by atoms with Gasteiger partial charge < -0.3 is 14.9 Å². The molecule has 0 aliphatic carbocycles. The van der Waals surface area contributed by atoms with Crippen LogP contribution >= 0.6 is 0 Å². The van der Waals surface area contributed by atoms with E-state index < -0.39 is 24.2 Å². The molecule has 5 nitrogen and oxygen atoms in total. The van der Waals surface area contributed by atoms with Crippen molar-refractivity contribution in [3.8, 4) is 5.75 Å². The zero-order valence-corrected chi connectivity index (χ0v) is 8.54. The van der Waals surface area contributed by atoms with E-state index in [9.17, 15) is 15.0 Å². The second-order valence-corrected chi connectivity index (χ2v) is 3.68. The molecule has 1 aliphatic rings. The van der Waals surface area contributed by atoms with E-state index in [-0.39, 0.29) is 6.54 Å². The molecule has 86 valence electrons. The summed E-state index contributed by atoms with van der Waals surface area (Å²) in [7, 11) is 0. The van der Waals surface area contributed by atoms with Crippen LogP contribution in [0.4, 0.5) is 0 Å². The van der Waals surface area contributed by atoms with Crippen LogP contribution in [-0.4, -0.2) is 35.1 Å². The molecule has 3 unspecified atom stereocenters. The molecule has 1 aliphatic heterocycles. The number of ether oxygens (including phenoxy) is 1. The van der Waals surface area contributed by atoms with E-state index in [0.29, 0.717) is 5.75 Å². The van der Waals surface area contributed by atoms with Gasteiger partial charge in [-0.3, -0.25) is 10.1 Å². The van der Waals surface area contributed by atoms with E-state index in [1.165, 1.54) is 0 Å². The minimum Gasteiger partial charge on any atom is -0.426 e. The van der Waals surface area contributed by atoms with Crippen LogP contribution in [0.5, 0.6) is 5.75 Å². The second kappa shape index (κ2) is 4.61. The molecule has 3 N–H and O–H groups in total. The van der Waals surface area contributed by atoms with Gasteiger partial charge in [0.25, 0.3) is 0 Å². The van der Waals surface area contributed by atoms with Crippen molar-refractivity contribution >= 4 is 5.97 Å². The van der Waals surface area contributed by atoms with Gasteiger partial charge in [0.15, 0.2) is 0 Å². The fourth-order valence-electron chi connectivity index (χ4n) is 1.61. The molecule has 1 aromatic rings. The highest BCUT2D eigenvalue weighted by molar-refractivity contribution is 5.76. The summed E-state index contributed by atoms with van der Waals surface area (Å²) in [5.74, 6) is -0.834. The van der Waals surface area contributed by atoms with Gasteiger partial charge in [0, 0.05) is 6.54 Å². The van der Waals surface area contributed by atoms with E-state index >= 15 is 0 Å². The molecule has 1 heterocycles. The quantitative estimate of drug-likeness (QED) is 0.465. The number of hydrogen-bond acceptors (Lipinski definition) is 5. The van der Waals surface area contributed by atoms with Gasteiger partial charge in [-0.05, 0) is 12.1 Å². The largest absolute Gasteiger partial charge is 0.426 e. The lowest BCUT2D eigenvalue weighted by Crippen LogP contribution is -2.34. The molecule has 3 atom stereocenters. The minimum absolute atomic E-state index is 0.216. The SMILES string of the molecule is O=C(Oc1ccccc1)C1CNC(O)C1O. The highest BCUT2D eigenvalue weighted by Crippen LogP contribution is 2.17. The smallest absolute Gasteiger partial charge is 0.318 e. The van der Waals surface area contributed by atoms with E-state index in [2.05, 4.69) is 5.32 Å². The molecule has 1 saturated heterocycles. The van der Waals surface area contributed by atoms with Gasteiger partial charge in [0.1, 0.15) is 18.1 Å². The van der Waals surface area contributed by atoms with E-state index in [1.807, 2.05) is 6.07 Å². The van der Waals surface area contributed by atoms with Crippen molar-refractivity contribution in [1.29, 1.82) is 0 Å². The van der Waals surface area contributed by atoms with Crippen LogP contribution in [0.3, 0.4) is 0 Å². The first kappa shape index (κ1) is 11.1. The van der Waals surface area contributed by atoms with Crippen molar-refractivity contribution in [3.63, 3.8) is 0 Å². The molecule has 2 rings (SSSR count). The Balaban J connectivity index is 1.99. The molecule has 0 aromatic heterocycles. The highest BCUT2D eigenvalue weighted by Gasteiger charge is 2.39. The predicted molar refractivity (Wildman–Crippen MR) is 55.6 cm³/mol. The third-order valence-electron chi connectivity index (χ3n) is 2.55. The van der Waals surface area contributed by atoms with Crippen LogP contribution in [-0.2, 0) is 4.79 Å². The van der Waals surface area contributed by atoms with Gasteiger partial charge in [0.2, 0.25) is 0 Å². The molecule has 0 spiro atoms. The maximum absolute atomic E-state index is 11.6. The van der Waals surface area contributed by atoms with Gasteiger partial charge in [-0.25, -0.2) is 0 Å². The highest BCUT2D eigenvalue weighted by atomic mass is 16.5. The van der Waals surface area contributed by atoms with Crippen molar-refractivity contribution in [2.45, 2.75) is 12.3 Å². The molecule has 0 bridgehead atoms. The summed E-state index contributed by atoms with van der Waals surface area (Å²) in [5.41, 5.74) is 0. The lowest BCUT2D eigenvalue weighted by molar-refractivity contribution is -0.142. The maximum atomic E-state index is 11.6. The van der Waals surface area contributed by atoms with Gasteiger partial charge >= 0.3 is 5.97 Å². The Hall–Kier alpha value is -1.43. The number of aliphatic hydroxyl groups is 2. The first-order chi connectivity index (χ1) is 7.68. The van der Waals surface area contributed by atoms with Crippen molar-refractivity contribution in [2.24, 2.45) is 5.92 Å². The first-order valence-electron chi connectivity index (χ1n) is 5.05. The molecule has 0 radical (unpaired) electrons.